The van der Waals surface area contributed by atoms with Crippen LogP contribution in [0.15, 0.2) is 65.6 Å². The number of carbonyl (C=O) groups is 1. The van der Waals surface area contributed by atoms with E-state index >= 15 is 0 Å². The molecule has 9 nitrogen and oxygen atoms in total. The van der Waals surface area contributed by atoms with E-state index in [9.17, 15) is 13.2 Å². The molecule has 0 radical (unpaired) electrons. The van der Waals surface area contributed by atoms with Crippen molar-refractivity contribution in [3.05, 3.63) is 76.8 Å². The fraction of sp³-hybridized carbons (Fsp3) is 0.200. The van der Waals surface area contributed by atoms with Gasteiger partial charge in [-0.1, -0.05) is 24.3 Å². The Morgan fingerprint density at radius 1 is 1.17 bits per heavy atom. The summed E-state index contributed by atoms with van der Waals surface area (Å²) in [4.78, 5) is 16.4. The van der Waals surface area contributed by atoms with Gasteiger partial charge in [0.2, 0.25) is 10.0 Å². The molecule has 5 rings (SSSR count). The molecule has 1 unspecified atom stereocenters. The molecule has 36 heavy (non-hydrogen) atoms. The van der Waals surface area contributed by atoms with E-state index in [-0.39, 0.29) is 17.4 Å². The van der Waals surface area contributed by atoms with Gasteiger partial charge in [-0.25, -0.2) is 18.1 Å². The zero-order valence-corrected chi connectivity index (χ0v) is 21.0. The number of aromatic nitrogens is 1. The topological polar surface area (TPSA) is 133 Å². The highest BCUT2D eigenvalue weighted by atomic mass is 32.2. The number of anilines is 1. The van der Waals surface area contributed by atoms with Gasteiger partial charge in [0.05, 0.1) is 34.0 Å². The first-order chi connectivity index (χ1) is 17.3. The number of benzene rings is 3. The Kier molecular flexibility index (Phi) is 6.63. The molecule has 0 aliphatic carbocycles. The molecule has 4 N–H and O–H groups in total. The summed E-state index contributed by atoms with van der Waals surface area (Å²) in [6.07, 6.45) is 0.370. The van der Waals surface area contributed by atoms with Crippen LogP contribution in [0.2, 0.25) is 0 Å². The van der Waals surface area contributed by atoms with Crippen molar-refractivity contribution >= 4 is 43.2 Å². The van der Waals surface area contributed by atoms with Crippen LogP contribution in [0.3, 0.4) is 0 Å². The fourth-order valence-corrected chi connectivity index (χ4v) is 6.33. The predicted molar refractivity (Wildman–Crippen MR) is 138 cm³/mol. The van der Waals surface area contributed by atoms with Crippen molar-refractivity contribution < 1.29 is 22.7 Å². The molecule has 1 amide bonds. The van der Waals surface area contributed by atoms with Crippen LogP contribution in [0.25, 0.3) is 10.2 Å². The third kappa shape index (κ3) is 5.05. The van der Waals surface area contributed by atoms with E-state index < -0.39 is 16.1 Å². The van der Waals surface area contributed by atoms with Gasteiger partial charge >= 0.3 is 0 Å². The number of nitrogens with one attached hydrogen (secondary N) is 2. The zero-order chi connectivity index (χ0) is 25.3. The highest BCUT2D eigenvalue weighted by molar-refractivity contribution is 7.89. The lowest BCUT2D eigenvalue weighted by Crippen LogP contribution is -2.31. The summed E-state index contributed by atoms with van der Waals surface area (Å²) in [7, 11) is -2.39. The van der Waals surface area contributed by atoms with Crippen LogP contribution < -0.4 is 25.2 Å². The van der Waals surface area contributed by atoms with Crippen LogP contribution in [0.4, 0.5) is 5.69 Å². The lowest BCUT2D eigenvalue weighted by molar-refractivity contribution is -0.118. The maximum atomic E-state index is 13.5. The normalized spacial score (nSPS) is 14.1. The second-order valence-corrected chi connectivity index (χ2v) is 11.1. The van der Waals surface area contributed by atoms with Crippen molar-refractivity contribution in [1.29, 1.82) is 0 Å². The van der Waals surface area contributed by atoms with Crippen molar-refractivity contribution in [3.8, 4) is 11.5 Å². The average molecular weight is 525 g/mol. The van der Waals surface area contributed by atoms with Crippen molar-refractivity contribution in [2.75, 3.05) is 19.0 Å². The molecule has 0 fully saturated rings. The summed E-state index contributed by atoms with van der Waals surface area (Å²) >= 11 is 1.40. The van der Waals surface area contributed by atoms with Gasteiger partial charge in [-0.3, -0.25) is 4.79 Å². The highest BCUT2D eigenvalue weighted by Crippen LogP contribution is 2.34. The standard InChI is InChI=1S/C25H24N4O5S2/c1-33-17-5-7-19-23(11-17)35-25(28-19)21(10-15-3-2-4-16(9-15)13-26)29-36(31,32)18-6-8-22-20(12-18)27-24(30)14-34-22/h2-9,11-12,21,29H,10,13-14,26H2,1H3,(H,27,30). The van der Waals surface area contributed by atoms with Gasteiger partial charge in [-0.05, 0) is 53.9 Å². The molecule has 4 aromatic rings. The Hall–Kier alpha value is -3.51. The monoisotopic (exact) mass is 524 g/mol. The van der Waals surface area contributed by atoms with Crippen molar-refractivity contribution in [2.45, 2.75) is 23.9 Å². The minimum absolute atomic E-state index is 0.00976. The first kappa shape index (κ1) is 24.2. The van der Waals surface area contributed by atoms with Gasteiger partial charge in [0, 0.05) is 6.54 Å². The summed E-state index contributed by atoms with van der Waals surface area (Å²) in [5.41, 5.74) is 8.75. The van der Waals surface area contributed by atoms with Gasteiger partial charge < -0.3 is 20.5 Å². The summed E-state index contributed by atoms with van der Waals surface area (Å²) < 4.78 is 41.4. The molecule has 0 spiro atoms. The van der Waals surface area contributed by atoms with Crippen LogP contribution in [0.1, 0.15) is 22.2 Å². The smallest absolute Gasteiger partial charge is 0.262 e. The number of carbonyl (C=O) groups excluding carboxylic acids is 1. The summed E-state index contributed by atoms with van der Waals surface area (Å²) in [5, 5.41) is 3.27. The van der Waals surface area contributed by atoms with Gasteiger partial charge in [-0.15, -0.1) is 11.3 Å². The number of rotatable bonds is 8. The van der Waals surface area contributed by atoms with Gasteiger partial charge in [-0.2, -0.15) is 0 Å². The SMILES string of the molecule is COc1ccc2nc(C(Cc3cccc(CN)c3)NS(=O)(=O)c3ccc4c(c3)NC(=O)CO4)sc2c1. The Bertz CT molecular complexity index is 1550. The lowest BCUT2D eigenvalue weighted by atomic mass is 10.0. The van der Waals surface area contributed by atoms with E-state index in [0.29, 0.717) is 35.2 Å². The van der Waals surface area contributed by atoms with Crippen molar-refractivity contribution in [2.24, 2.45) is 5.73 Å². The van der Waals surface area contributed by atoms with Crippen LogP contribution in [0, 0.1) is 0 Å². The Morgan fingerprint density at radius 2 is 2.00 bits per heavy atom. The van der Waals surface area contributed by atoms with Crippen molar-refractivity contribution in [1.82, 2.24) is 9.71 Å². The minimum atomic E-state index is -3.98. The van der Waals surface area contributed by atoms with Crippen LogP contribution in [-0.2, 0) is 27.8 Å². The molecule has 1 aliphatic heterocycles. The summed E-state index contributed by atoms with van der Waals surface area (Å²) in [5.74, 6) is 0.778. The number of thiazole rings is 1. The molecule has 186 valence electrons. The number of ether oxygens (including phenoxy) is 2. The Labute approximate surface area is 212 Å². The van der Waals surface area contributed by atoms with E-state index in [1.807, 2.05) is 42.5 Å². The quantitative estimate of drug-likeness (QED) is 0.322. The fourth-order valence-electron chi connectivity index (χ4n) is 3.98. The molecule has 1 aliphatic rings. The largest absolute Gasteiger partial charge is 0.497 e. The number of nitrogens with two attached hydrogens (primary N) is 1. The number of nitrogens with zero attached hydrogens (tertiary/aromatic N) is 1. The van der Waals surface area contributed by atoms with Crippen LogP contribution >= 0.6 is 11.3 Å². The number of hydrogen-bond acceptors (Lipinski definition) is 8. The number of amides is 1. The summed E-state index contributed by atoms with van der Waals surface area (Å²) in [6, 6.07) is 17.0. The first-order valence-corrected chi connectivity index (χ1v) is 13.5. The van der Waals surface area contributed by atoms with E-state index in [1.165, 1.54) is 29.5 Å². The number of methoxy groups -OCH3 is 1. The predicted octanol–water partition coefficient (Wildman–Crippen LogP) is 3.36. The second kappa shape index (κ2) is 9.86. The highest BCUT2D eigenvalue weighted by Gasteiger charge is 2.27. The molecule has 11 heteroatoms. The van der Waals surface area contributed by atoms with Crippen molar-refractivity contribution in [3.63, 3.8) is 0 Å². The maximum absolute atomic E-state index is 13.5. The third-order valence-corrected chi connectivity index (χ3v) is 8.37. The Morgan fingerprint density at radius 3 is 2.81 bits per heavy atom. The molecule has 1 aromatic heterocycles. The minimum Gasteiger partial charge on any atom is -0.497 e. The number of fused-ring (bicyclic) bond motifs is 2. The van der Waals surface area contributed by atoms with Gasteiger partial charge in [0.25, 0.3) is 5.91 Å². The molecule has 3 aromatic carbocycles. The van der Waals surface area contributed by atoms with Crippen LogP contribution in [0.5, 0.6) is 11.5 Å². The molecule has 0 saturated heterocycles. The van der Waals surface area contributed by atoms with Gasteiger partial charge in [0.1, 0.15) is 16.5 Å². The third-order valence-electron chi connectivity index (χ3n) is 5.77. The zero-order valence-electron chi connectivity index (χ0n) is 19.4. The maximum Gasteiger partial charge on any atom is 0.262 e. The lowest BCUT2D eigenvalue weighted by Gasteiger charge is -2.20. The molecule has 0 saturated carbocycles. The molecular weight excluding hydrogens is 500 g/mol. The van der Waals surface area contributed by atoms with E-state index in [0.717, 1.165) is 21.3 Å². The molecule has 2 heterocycles. The van der Waals surface area contributed by atoms with E-state index in [4.69, 9.17) is 20.2 Å². The summed E-state index contributed by atoms with van der Waals surface area (Å²) in [6.45, 7) is 0.276. The number of sulfonamides is 1. The Balaban J connectivity index is 1.51. The van der Waals surface area contributed by atoms with E-state index in [1.54, 1.807) is 7.11 Å². The van der Waals surface area contributed by atoms with E-state index in [2.05, 4.69) is 10.0 Å². The molecular formula is C25H24N4O5S2. The number of hydrogen-bond donors (Lipinski definition) is 3. The molecule has 0 bridgehead atoms. The first-order valence-electron chi connectivity index (χ1n) is 11.2. The molecule has 1 atom stereocenters. The van der Waals surface area contributed by atoms with Crippen LogP contribution in [-0.4, -0.2) is 33.0 Å². The van der Waals surface area contributed by atoms with Gasteiger partial charge in [0.15, 0.2) is 6.61 Å². The second-order valence-electron chi connectivity index (χ2n) is 8.28. The average Bonchev–Trinajstić information content (AvgIpc) is 3.31.